The van der Waals surface area contributed by atoms with Crippen LogP contribution in [-0.2, 0) is 14.8 Å². The first-order chi connectivity index (χ1) is 11.1. The summed E-state index contributed by atoms with van der Waals surface area (Å²) < 4.78 is 33.5. The van der Waals surface area contributed by atoms with Gasteiger partial charge in [-0.25, -0.2) is 13.2 Å². The summed E-state index contributed by atoms with van der Waals surface area (Å²) in [7, 11) is -3.35. The van der Waals surface area contributed by atoms with Crippen molar-refractivity contribution in [2.75, 3.05) is 26.2 Å². The van der Waals surface area contributed by atoms with E-state index in [9.17, 15) is 13.2 Å². The van der Waals surface area contributed by atoms with Crippen LogP contribution in [0, 0.1) is 5.92 Å². The van der Waals surface area contributed by atoms with Gasteiger partial charge in [0.1, 0.15) is 10.9 Å². The van der Waals surface area contributed by atoms with Gasteiger partial charge in [-0.3, -0.25) is 0 Å². The maximum absolute atomic E-state index is 12.9. The molecule has 24 heavy (non-hydrogen) atoms. The van der Waals surface area contributed by atoms with Gasteiger partial charge in [0.25, 0.3) is 0 Å². The lowest BCUT2D eigenvalue weighted by Crippen LogP contribution is -2.58. The van der Waals surface area contributed by atoms with Crippen molar-refractivity contribution in [2.24, 2.45) is 5.92 Å². The van der Waals surface area contributed by atoms with E-state index in [2.05, 4.69) is 19.2 Å². The van der Waals surface area contributed by atoms with Crippen LogP contribution in [0.3, 0.4) is 0 Å². The van der Waals surface area contributed by atoms with E-state index in [1.165, 1.54) is 0 Å². The van der Waals surface area contributed by atoms with Gasteiger partial charge in [-0.2, -0.15) is 4.31 Å². The zero-order valence-electron chi connectivity index (χ0n) is 15.0. The molecule has 3 aliphatic heterocycles. The molecule has 3 heterocycles. The number of nitrogens with zero attached hydrogens (tertiary/aromatic N) is 2. The molecular weight excluding hydrogens is 330 g/mol. The minimum Gasteiger partial charge on any atom is -0.365 e. The van der Waals surface area contributed by atoms with Crippen molar-refractivity contribution in [1.82, 2.24) is 14.5 Å². The zero-order valence-corrected chi connectivity index (χ0v) is 15.8. The molecule has 2 bridgehead atoms. The minimum atomic E-state index is -3.35. The van der Waals surface area contributed by atoms with E-state index < -0.39 is 20.9 Å². The maximum atomic E-state index is 12.9. The fraction of sp³-hybridized carbons (Fsp3) is 0.938. The largest absolute Gasteiger partial charge is 0.365 e. The van der Waals surface area contributed by atoms with Crippen molar-refractivity contribution < 1.29 is 17.9 Å². The maximum Gasteiger partial charge on any atom is 0.317 e. The van der Waals surface area contributed by atoms with Crippen LogP contribution in [0.2, 0.25) is 0 Å². The highest BCUT2D eigenvalue weighted by Crippen LogP contribution is 2.46. The third-order valence-electron chi connectivity index (χ3n) is 5.17. The molecule has 8 heteroatoms. The van der Waals surface area contributed by atoms with E-state index in [-0.39, 0.29) is 18.2 Å². The quantitative estimate of drug-likeness (QED) is 0.812. The smallest absolute Gasteiger partial charge is 0.317 e. The Hall–Kier alpha value is -0.860. The average molecular weight is 359 g/mol. The Morgan fingerprint density at radius 3 is 2.62 bits per heavy atom. The standard InChI is InChI=1S/C16H29N3O4S/c1-11(2)5-6-19-10-16-9-18(15(20)17-12(3)4)8-13(23-16)7-14(16)24(19,21)22/h11-14H,5-10H2,1-4H3,(H,17,20)/t13-,14+,16+/m1/s1. The van der Waals surface area contributed by atoms with Gasteiger partial charge in [0.15, 0.2) is 0 Å². The van der Waals surface area contributed by atoms with E-state index in [1.54, 1.807) is 9.21 Å². The molecule has 3 aliphatic rings. The number of morpholine rings is 1. The number of hydrogen-bond acceptors (Lipinski definition) is 4. The molecule has 0 unspecified atom stereocenters. The SMILES string of the molecule is CC(C)CCN1C[C@@]23CN(C(=O)NC(C)C)C[C@@H](C[C@@H]2S1(=O)=O)O3. The van der Waals surface area contributed by atoms with E-state index in [4.69, 9.17) is 4.74 Å². The molecule has 2 amide bonds. The summed E-state index contributed by atoms with van der Waals surface area (Å²) in [6.07, 6.45) is 1.15. The Kier molecular flexibility index (Phi) is 4.59. The summed E-state index contributed by atoms with van der Waals surface area (Å²) in [5, 5.41) is 2.38. The van der Waals surface area contributed by atoms with E-state index in [1.807, 2.05) is 13.8 Å². The fourth-order valence-electron chi connectivity index (χ4n) is 4.05. The molecule has 0 aliphatic carbocycles. The van der Waals surface area contributed by atoms with Gasteiger partial charge >= 0.3 is 6.03 Å². The Morgan fingerprint density at radius 1 is 1.29 bits per heavy atom. The van der Waals surface area contributed by atoms with E-state index in [0.717, 1.165) is 6.42 Å². The number of ether oxygens (including phenoxy) is 1. The predicted molar refractivity (Wildman–Crippen MR) is 91.2 cm³/mol. The number of carbonyl (C=O) groups is 1. The molecule has 3 rings (SSSR count). The molecular formula is C16H29N3O4S. The lowest BCUT2D eigenvalue weighted by Gasteiger charge is -2.39. The third-order valence-corrected chi connectivity index (χ3v) is 7.54. The van der Waals surface area contributed by atoms with Crippen molar-refractivity contribution in [1.29, 1.82) is 0 Å². The first-order valence-electron chi connectivity index (χ1n) is 8.86. The van der Waals surface area contributed by atoms with Crippen LogP contribution in [-0.4, -0.2) is 72.8 Å². The Labute approximate surface area is 144 Å². The van der Waals surface area contributed by atoms with Crippen molar-refractivity contribution >= 4 is 16.1 Å². The lowest BCUT2D eigenvalue weighted by molar-refractivity contribution is -0.0956. The van der Waals surface area contributed by atoms with Gasteiger partial charge in [-0.1, -0.05) is 13.8 Å². The molecule has 1 spiro atoms. The van der Waals surface area contributed by atoms with Crippen molar-refractivity contribution in [3.63, 3.8) is 0 Å². The van der Waals surface area contributed by atoms with Crippen molar-refractivity contribution in [3.05, 3.63) is 0 Å². The second kappa shape index (κ2) is 6.14. The molecule has 3 saturated heterocycles. The Balaban J connectivity index is 1.78. The normalized spacial score (nSPS) is 34.8. The molecule has 138 valence electrons. The van der Waals surface area contributed by atoms with E-state index in [0.29, 0.717) is 38.5 Å². The minimum absolute atomic E-state index is 0.0566. The summed E-state index contributed by atoms with van der Waals surface area (Å²) in [4.78, 5) is 14.1. The molecule has 0 aromatic heterocycles. The summed E-state index contributed by atoms with van der Waals surface area (Å²) in [6.45, 7) is 9.74. The van der Waals surface area contributed by atoms with Gasteiger partial charge in [0.2, 0.25) is 10.0 Å². The highest BCUT2D eigenvalue weighted by Gasteiger charge is 2.65. The van der Waals surface area contributed by atoms with Gasteiger partial charge in [-0.05, 0) is 32.6 Å². The molecule has 0 aromatic rings. The highest BCUT2D eigenvalue weighted by atomic mass is 32.2. The monoisotopic (exact) mass is 359 g/mol. The fourth-order valence-corrected chi connectivity index (χ4v) is 6.37. The summed E-state index contributed by atoms with van der Waals surface area (Å²) in [5.74, 6) is 0.450. The Bertz CT molecular complexity index is 606. The molecule has 0 radical (unpaired) electrons. The van der Waals surface area contributed by atoms with Gasteiger partial charge < -0.3 is 15.0 Å². The molecule has 0 aromatic carbocycles. The molecule has 0 saturated carbocycles. The summed E-state index contributed by atoms with van der Waals surface area (Å²) in [6, 6.07) is -0.0718. The average Bonchev–Trinajstić information content (AvgIpc) is 2.83. The van der Waals surface area contributed by atoms with Crippen LogP contribution in [0.4, 0.5) is 4.79 Å². The second-order valence-electron chi connectivity index (χ2n) is 8.07. The second-order valence-corrected chi connectivity index (χ2v) is 10.2. The Morgan fingerprint density at radius 2 is 2.00 bits per heavy atom. The third kappa shape index (κ3) is 3.04. The number of nitrogens with one attached hydrogen (secondary N) is 1. The van der Waals surface area contributed by atoms with Crippen LogP contribution >= 0.6 is 0 Å². The summed E-state index contributed by atoms with van der Waals surface area (Å²) in [5.41, 5.74) is -0.757. The highest BCUT2D eigenvalue weighted by molar-refractivity contribution is 7.90. The molecule has 3 fully saturated rings. The number of amides is 2. The zero-order chi connectivity index (χ0) is 17.7. The van der Waals surface area contributed by atoms with Crippen LogP contribution < -0.4 is 5.32 Å². The van der Waals surface area contributed by atoms with Crippen LogP contribution in [0.25, 0.3) is 0 Å². The van der Waals surface area contributed by atoms with Gasteiger partial charge in [0, 0.05) is 25.7 Å². The first kappa shape index (κ1) is 17.9. The van der Waals surface area contributed by atoms with E-state index >= 15 is 0 Å². The van der Waals surface area contributed by atoms with Crippen LogP contribution in [0.15, 0.2) is 0 Å². The molecule has 3 atom stereocenters. The first-order valence-corrected chi connectivity index (χ1v) is 10.4. The number of carbonyl (C=O) groups excluding carboxylic acids is 1. The molecule has 7 nitrogen and oxygen atoms in total. The van der Waals surface area contributed by atoms with Gasteiger partial charge in [0.05, 0.1) is 12.6 Å². The number of likely N-dealkylation sites (tertiary alicyclic amines) is 1. The number of fused-ring (bicyclic) bond motifs is 1. The predicted octanol–water partition coefficient (Wildman–Crippen LogP) is 1.01. The van der Waals surface area contributed by atoms with Crippen molar-refractivity contribution in [2.45, 2.75) is 63.5 Å². The molecule has 1 N–H and O–H groups in total. The van der Waals surface area contributed by atoms with Crippen LogP contribution in [0.5, 0.6) is 0 Å². The number of sulfonamides is 1. The number of rotatable bonds is 4. The van der Waals surface area contributed by atoms with Crippen LogP contribution in [0.1, 0.15) is 40.5 Å². The van der Waals surface area contributed by atoms with Gasteiger partial charge in [-0.15, -0.1) is 0 Å². The topological polar surface area (TPSA) is 79.0 Å². The summed E-state index contributed by atoms with van der Waals surface area (Å²) >= 11 is 0. The number of hydrogen-bond donors (Lipinski definition) is 1. The lowest BCUT2D eigenvalue weighted by atomic mass is 9.99. The van der Waals surface area contributed by atoms with Crippen molar-refractivity contribution in [3.8, 4) is 0 Å². The number of urea groups is 1.